The van der Waals surface area contributed by atoms with Crippen LogP contribution in [0.25, 0.3) is 11.1 Å². The first kappa shape index (κ1) is 24.2. The van der Waals surface area contributed by atoms with Gasteiger partial charge in [-0.15, -0.1) is 19.1 Å². The maximum Gasteiger partial charge on any atom is 0.573 e. The molecule has 0 saturated heterocycles. The van der Waals surface area contributed by atoms with Gasteiger partial charge in [-0.05, 0) is 71.8 Å². The van der Waals surface area contributed by atoms with Crippen molar-refractivity contribution in [3.8, 4) is 34.5 Å². The van der Waals surface area contributed by atoms with Crippen molar-refractivity contribution in [1.82, 2.24) is 0 Å². The van der Waals surface area contributed by atoms with Gasteiger partial charge in [-0.2, -0.15) is 0 Å². The number of hydrogen-bond donors (Lipinski definition) is 1. The Hall–Kier alpha value is -3.92. The second-order valence-corrected chi connectivity index (χ2v) is 8.25. The monoisotopic (exact) mass is 480 g/mol. The van der Waals surface area contributed by atoms with E-state index in [1.54, 1.807) is 13.0 Å². The first-order valence-electron chi connectivity index (χ1n) is 11.1. The predicted octanol–water partition coefficient (Wildman–Crippen LogP) is 6.90. The van der Waals surface area contributed by atoms with E-state index in [0.717, 1.165) is 35.1 Å². The standard InChI is InChI=1S/C28H23F3O4/c1-2-4-19(17-27(32)33)18-7-11-23(12-8-18)34-26-14-10-22-15-21(9-13-25(22)26)20-5-3-6-24(16-20)35-28(29,30)31/h3,5-9,11-13,15-16,19,26H,10,14,17H2,1H3,(H,32,33)/t19-,26?/m1/s1. The molecule has 0 bridgehead atoms. The van der Waals surface area contributed by atoms with Crippen LogP contribution in [0, 0.1) is 11.8 Å². The fraction of sp³-hybridized carbons (Fsp3) is 0.250. The molecule has 1 unspecified atom stereocenters. The van der Waals surface area contributed by atoms with E-state index in [0.29, 0.717) is 11.3 Å². The van der Waals surface area contributed by atoms with Crippen LogP contribution in [0.1, 0.15) is 48.5 Å². The zero-order valence-corrected chi connectivity index (χ0v) is 18.9. The van der Waals surface area contributed by atoms with E-state index in [4.69, 9.17) is 9.84 Å². The van der Waals surface area contributed by atoms with Crippen LogP contribution in [-0.4, -0.2) is 17.4 Å². The predicted molar refractivity (Wildman–Crippen MR) is 125 cm³/mol. The Kier molecular flexibility index (Phi) is 7.02. The quantitative estimate of drug-likeness (QED) is 0.374. The summed E-state index contributed by atoms with van der Waals surface area (Å²) in [7, 11) is 0. The number of aryl methyl sites for hydroxylation is 1. The molecule has 2 atom stereocenters. The van der Waals surface area contributed by atoms with Gasteiger partial charge in [-0.1, -0.05) is 48.4 Å². The van der Waals surface area contributed by atoms with Gasteiger partial charge in [0, 0.05) is 0 Å². The summed E-state index contributed by atoms with van der Waals surface area (Å²) in [4.78, 5) is 11.1. The van der Waals surface area contributed by atoms with Crippen molar-refractivity contribution in [2.75, 3.05) is 0 Å². The molecular formula is C28H23F3O4. The highest BCUT2D eigenvalue weighted by Crippen LogP contribution is 2.38. The fourth-order valence-corrected chi connectivity index (χ4v) is 4.30. The number of ether oxygens (including phenoxy) is 2. The smallest absolute Gasteiger partial charge is 0.486 e. The van der Waals surface area contributed by atoms with Gasteiger partial charge in [0.05, 0.1) is 12.3 Å². The number of fused-ring (bicyclic) bond motifs is 1. The Bertz CT molecular complexity index is 1270. The van der Waals surface area contributed by atoms with E-state index in [1.165, 1.54) is 18.2 Å². The minimum atomic E-state index is -4.74. The topological polar surface area (TPSA) is 55.8 Å². The molecule has 0 heterocycles. The summed E-state index contributed by atoms with van der Waals surface area (Å²) in [5, 5.41) is 9.12. The van der Waals surface area contributed by atoms with E-state index < -0.39 is 12.3 Å². The number of aliphatic carboxylic acids is 1. The third-order valence-corrected chi connectivity index (χ3v) is 5.82. The molecule has 3 aromatic rings. The summed E-state index contributed by atoms with van der Waals surface area (Å²) in [6, 6.07) is 19.0. The molecule has 0 radical (unpaired) electrons. The van der Waals surface area contributed by atoms with Crippen molar-refractivity contribution in [3.05, 3.63) is 83.4 Å². The fourth-order valence-electron chi connectivity index (χ4n) is 4.30. The van der Waals surface area contributed by atoms with Gasteiger partial charge < -0.3 is 14.6 Å². The van der Waals surface area contributed by atoms with E-state index in [-0.39, 0.29) is 24.2 Å². The van der Waals surface area contributed by atoms with Gasteiger partial charge in [0.15, 0.2) is 0 Å². The first-order valence-corrected chi connectivity index (χ1v) is 11.1. The van der Waals surface area contributed by atoms with Crippen LogP contribution in [-0.2, 0) is 11.2 Å². The van der Waals surface area contributed by atoms with Gasteiger partial charge in [0.2, 0.25) is 0 Å². The molecule has 0 amide bonds. The maximum absolute atomic E-state index is 12.6. The maximum atomic E-state index is 12.6. The molecule has 7 heteroatoms. The highest BCUT2D eigenvalue weighted by molar-refractivity contribution is 5.69. The molecule has 35 heavy (non-hydrogen) atoms. The van der Waals surface area contributed by atoms with Crippen LogP contribution < -0.4 is 9.47 Å². The van der Waals surface area contributed by atoms with Gasteiger partial charge >= 0.3 is 12.3 Å². The molecule has 1 aliphatic rings. The highest BCUT2D eigenvalue weighted by atomic mass is 19.4. The van der Waals surface area contributed by atoms with Crippen molar-refractivity contribution < 1.29 is 32.5 Å². The Morgan fingerprint density at radius 3 is 2.49 bits per heavy atom. The lowest BCUT2D eigenvalue weighted by atomic mass is 9.96. The molecule has 0 saturated carbocycles. The molecule has 4 rings (SSSR count). The summed E-state index contributed by atoms with van der Waals surface area (Å²) in [6.07, 6.45) is -3.38. The Morgan fingerprint density at radius 2 is 1.80 bits per heavy atom. The average molecular weight is 480 g/mol. The number of carbonyl (C=O) groups is 1. The molecule has 3 aromatic carbocycles. The van der Waals surface area contributed by atoms with Crippen LogP contribution in [0.2, 0.25) is 0 Å². The molecule has 0 aliphatic heterocycles. The average Bonchev–Trinajstić information content (AvgIpc) is 3.20. The van der Waals surface area contributed by atoms with E-state index in [2.05, 4.69) is 16.6 Å². The summed E-state index contributed by atoms with van der Waals surface area (Å²) in [5.41, 5.74) is 4.40. The zero-order chi connectivity index (χ0) is 25.0. The van der Waals surface area contributed by atoms with Gasteiger partial charge in [-0.25, -0.2) is 0 Å². The van der Waals surface area contributed by atoms with Crippen LogP contribution in [0.4, 0.5) is 13.2 Å². The molecule has 1 aliphatic carbocycles. The summed E-state index contributed by atoms with van der Waals surface area (Å²) in [5.74, 6) is 4.86. The summed E-state index contributed by atoms with van der Waals surface area (Å²) < 4.78 is 47.9. The number of benzene rings is 3. The van der Waals surface area contributed by atoms with Crippen molar-refractivity contribution in [1.29, 1.82) is 0 Å². The van der Waals surface area contributed by atoms with Gasteiger partial charge in [0.1, 0.15) is 17.6 Å². The highest BCUT2D eigenvalue weighted by Gasteiger charge is 2.31. The SMILES string of the molecule is CC#C[C@H](CC(=O)O)c1ccc(OC2CCc3cc(-c4cccc(OC(F)(F)F)c4)ccc32)cc1. The first-order chi connectivity index (χ1) is 16.7. The number of halogens is 3. The van der Waals surface area contributed by atoms with Crippen LogP contribution in [0.3, 0.4) is 0 Å². The number of alkyl halides is 3. The molecule has 180 valence electrons. The van der Waals surface area contributed by atoms with Gasteiger partial charge in [-0.3, -0.25) is 4.79 Å². The molecule has 0 fully saturated rings. The lowest BCUT2D eigenvalue weighted by Gasteiger charge is -2.16. The zero-order valence-electron chi connectivity index (χ0n) is 18.9. The number of carboxylic acid groups (broad SMARTS) is 1. The lowest BCUT2D eigenvalue weighted by molar-refractivity contribution is -0.274. The summed E-state index contributed by atoms with van der Waals surface area (Å²) >= 11 is 0. The van der Waals surface area contributed by atoms with E-state index in [1.807, 2.05) is 42.5 Å². The number of rotatable bonds is 7. The van der Waals surface area contributed by atoms with Crippen molar-refractivity contribution in [3.63, 3.8) is 0 Å². The minimum absolute atomic E-state index is 0.0649. The van der Waals surface area contributed by atoms with Crippen molar-refractivity contribution >= 4 is 5.97 Å². The Labute approximate surface area is 201 Å². The van der Waals surface area contributed by atoms with Crippen molar-refractivity contribution in [2.24, 2.45) is 0 Å². The largest absolute Gasteiger partial charge is 0.573 e. The molecule has 4 nitrogen and oxygen atoms in total. The number of carboxylic acids is 1. The molecule has 0 spiro atoms. The van der Waals surface area contributed by atoms with Crippen molar-refractivity contribution in [2.45, 2.75) is 44.6 Å². The normalized spacial score (nSPS) is 15.5. The molecule has 1 N–H and O–H groups in total. The molecular weight excluding hydrogens is 457 g/mol. The molecule has 0 aromatic heterocycles. The third-order valence-electron chi connectivity index (χ3n) is 5.82. The summed E-state index contributed by atoms with van der Waals surface area (Å²) in [6.45, 7) is 1.68. The Balaban J connectivity index is 1.48. The minimum Gasteiger partial charge on any atom is -0.486 e. The van der Waals surface area contributed by atoms with E-state index >= 15 is 0 Å². The van der Waals surface area contributed by atoms with Gasteiger partial charge in [0.25, 0.3) is 0 Å². The second-order valence-electron chi connectivity index (χ2n) is 8.25. The van der Waals surface area contributed by atoms with Crippen LogP contribution in [0.15, 0.2) is 66.7 Å². The Morgan fingerprint density at radius 1 is 1.06 bits per heavy atom. The second kappa shape index (κ2) is 10.1. The lowest BCUT2D eigenvalue weighted by Crippen LogP contribution is -2.17. The number of hydrogen-bond acceptors (Lipinski definition) is 3. The van der Waals surface area contributed by atoms with E-state index in [9.17, 15) is 18.0 Å². The van der Waals surface area contributed by atoms with Crippen LogP contribution in [0.5, 0.6) is 11.5 Å². The van der Waals surface area contributed by atoms with Crippen LogP contribution >= 0.6 is 0 Å². The third kappa shape index (κ3) is 6.15.